The topological polar surface area (TPSA) is 83.4 Å². The lowest BCUT2D eigenvalue weighted by atomic mass is 9.98. The predicted octanol–water partition coefficient (Wildman–Crippen LogP) is 0.159. The molecule has 2 aliphatic rings. The molecule has 1 N–H and O–H groups in total. The van der Waals surface area contributed by atoms with E-state index in [-0.39, 0.29) is 18.5 Å². The maximum Gasteiger partial charge on any atom is 0.324 e. The van der Waals surface area contributed by atoms with Crippen molar-refractivity contribution in [2.45, 2.75) is 33.2 Å². The van der Waals surface area contributed by atoms with Crippen LogP contribution in [0.15, 0.2) is 0 Å². The van der Waals surface area contributed by atoms with Gasteiger partial charge in [0.15, 0.2) is 0 Å². The molecule has 8 heteroatoms. The molecule has 3 rings (SSSR count). The minimum atomic E-state index is -0.266. The summed E-state index contributed by atoms with van der Waals surface area (Å²) in [5.41, 5.74) is 0. The Kier molecular flexibility index (Phi) is 4.61. The number of aromatic nitrogens is 3. The molecule has 8 nitrogen and oxygen atoms in total. The molecule has 3 amide bonds. The molecule has 1 atom stereocenters. The Morgan fingerprint density at radius 3 is 2.74 bits per heavy atom. The number of likely N-dealkylation sites (tertiary alicyclic amines) is 1. The van der Waals surface area contributed by atoms with Gasteiger partial charge < -0.3 is 10.2 Å². The quantitative estimate of drug-likeness (QED) is 0.781. The molecule has 0 spiro atoms. The van der Waals surface area contributed by atoms with Gasteiger partial charge in [0.25, 0.3) is 0 Å². The summed E-state index contributed by atoms with van der Waals surface area (Å²) in [6, 6.07) is -0.266. The number of urea groups is 1. The number of nitrogens with zero attached hydrogens (tertiary/aromatic N) is 5. The maximum atomic E-state index is 11.6. The summed E-state index contributed by atoms with van der Waals surface area (Å²) < 4.78 is 1.99. The molecule has 0 radical (unpaired) electrons. The molecule has 0 aliphatic carbocycles. The van der Waals surface area contributed by atoms with E-state index in [1.165, 1.54) is 11.3 Å². The molecule has 3 heterocycles. The van der Waals surface area contributed by atoms with Gasteiger partial charge in [0.1, 0.15) is 11.6 Å². The number of piperidine rings is 1. The van der Waals surface area contributed by atoms with Gasteiger partial charge in [-0.15, -0.1) is 0 Å². The third-order valence-corrected chi connectivity index (χ3v) is 4.57. The fourth-order valence-electron chi connectivity index (χ4n) is 3.41. The van der Waals surface area contributed by atoms with E-state index in [9.17, 15) is 9.59 Å². The molecule has 0 bridgehead atoms. The first-order valence-corrected chi connectivity index (χ1v) is 8.21. The molecular formula is C15H24N6O2. The van der Waals surface area contributed by atoms with Crippen LogP contribution in [0, 0.1) is 19.8 Å². The van der Waals surface area contributed by atoms with Gasteiger partial charge in [-0.2, -0.15) is 5.10 Å². The van der Waals surface area contributed by atoms with Crippen LogP contribution in [0.1, 0.15) is 24.5 Å². The van der Waals surface area contributed by atoms with Crippen molar-refractivity contribution < 1.29 is 9.59 Å². The Bertz CT molecular complexity index is 583. The lowest BCUT2D eigenvalue weighted by Crippen LogP contribution is -2.43. The highest BCUT2D eigenvalue weighted by atomic mass is 16.2. The van der Waals surface area contributed by atoms with Gasteiger partial charge in [0.2, 0.25) is 5.91 Å². The first-order valence-electron chi connectivity index (χ1n) is 8.21. The number of amides is 3. The largest absolute Gasteiger partial charge is 0.329 e. The Hall–Kier alpha value is -1.96. The number of hydrogen-bond donors (Lipinski definition) is 1. The van der Waals surface area contributed by atoms with Crippen LogP contribution in [-0.4, -0.2) is 69.2 Å². The SMILES string of the molecule is Cc1nc(C)n(C[C@@H]2CCCN(CCN3C(=O)CNC3=O)C2)n1. The summed E-state index contributed by atoms with van der Waals surface area (Å²) in [5, 5.41) is 7.00. The fraction of sp³-hybridized carbons (Fsp3) is 0.733. The summed E-state index contributed by atoms with van der Waals surface area (Å²) in [5.74, 6) is 2.18. The summed E-state index contributed by atoms with van der Waals surface area (Å²) in [7, 11) is 0. The smallest absolute Gasteiger partial charge is 0.324 e. The summed E-state index contributed by atoms with van der Waals surface area (Å²) in [6.45, 7) is 8.12. The number of nitrogens with one attached hydrogen (secondary N) is 1. The molecule has 2 aliphatic heterocycles. The second kappa shape index (κ2) is 6.66. The van der Waals surface area contributed by atoms with Crippen LogP contribution in [0.5, 0.6) is 0 Å². The second-order valence-corrected chi connectivity index (χ2v) is 6.40. The summed E-state index contributed by atoms with van der Waals surface area (Å²) in [4.78, 5) is 31.2. The molecular weight excluding hydrogens is 296 g/mol. The maximum absolute atomic E-state index is 11.6. The van der Waals surface area contributed by atoms with Crippen LogP contribution in [0.4, 0.5) is 4.79 Å². The van der Waals surface area contributed by atoms with Crippen molar-refractivity contribution in [1.82, 2.24) is 29.9 Å². The first-order chi connectivity index (χ1) is 11.0. The first kappa shape index (κ1) is 15.9. The van der Waals surface area contributed by atoms with E-state index >= 15 is 0 Å². The second-order valence-electron chi connectivity index (χ2n) is 6.40. The average molecular weight is 320 g/mol. The molecule has 0 saturated carbocycles. The Labute approximate surface area is 135 Å². The van der Waals surface area contributed by atoms with Crippen molar-refractivity contribution in [3.8, 4) is 0 Å². The number of aryl methyl sites for hydroxylation is 2. The minimum Gasteiger partial charge on any atom is -0.329 e. The van der Waals surface area contributed by atoms with Crippen LogP contribution in [-0.2, 0) is 11.3 Å². The van der Waals surface area contributed by atoms with E-state index in [0.717, 1.165) is 44.2 Å². The molecule has 2 fully saturated rings. The molecule has 2 saturated heterocycles. The highest BCUT2D eigenvalue weighted by molar-refractivity contribution is 6.01. The van der Waals surface area contributed by atoms with Gasteiger partial charge in [0, 0.05) is 26.2 Å². The van der Waals surface area contributed by atoms with E-state index < -0.39 is 0 Å². The fourth-order valence-corrected chi connectivity index (χ4v) is 3.41. The van der Waals surface area contributed by atoms with E-state index in [1.54, 1.807) is 0 Å². The van der Waals surface area contributed by atoms with Crippen molar-refractivity contribution in [2.24, 2.45) is 5.92 Å². The third-order valence-electron chi connectivity index (χ3n) is 4.57. The van der Waals surface area contributed by atoms with Crippen LogP contribution < -0.4 is 5.32 Å². The van der Waals surface area contributed by atoms with E-state index in [2.05, 4.69) is 20.3 Å². The van der Waals surface area contributed by atoms with Crippen molar-refractivity contribution in [2.75, 3.05) is 32.7 Å². The van der Waals surface area contributed by atoms with E-state index in [0.29, 0.717) is 12.5 Å². The van der Waals surface area contributed by atoms with Crippen molar-refractivity contribution >= 4 is 11.9 Å². The lowest BCUT2D eigenvalue weighted by Gasteiger charge is -2.33. The van der Waals surface area contributed by atoms with Gasteiger partial charge in [-0.3, -0.25) is 9.69 Å². The zero-order chi connectivity index (χ0) is 16.4. The summed E-state index contributed by atoms with van der Waals surface area (Å²) in [6.07, 6.45) is 2.31. The number of rotatable bonds is 5. The van der Waals surface area contributed by atoms with Gasteiger partial charge in [-0.25, -0.2) is 14.5 Å². The molecule has 0 aromatic carbocycles. The number of imide groups is 1. The minimum absolute atomic E-state index is 0.128. The van der Waals surface area contributed by atoms with Crippen LogP contribution >= 0.6 is 0 Å². The predicted molar refractivity (Wildman–Crippen MR) is 83.8 cm³/mol. The van der Waals surface area contributed by atoms with Crippen LogP contribution in [0.2, 0.25) is 0 Å². The Morgan fingerprint density at radius 1 is 1.26 bits per heavy atom. The monoisotopic (exact) mass is 320 g/mol. The molecule has 1 aromatic rings. The number of carbonyl (C=O) groups is 2. The highest BCUT2D eigenvalue weighted by Crippen LogP contribution is 2.18. The molecule has 1 aromatic heterocycles. The van der Waals surface area contributed by atoms with Crippen molar-refractivity contribution in [1.29, 1.82) is 0 Å². The van der Waals surface area contributed by atoms with E-state index in [4.69, 9.17) is 0 Å². The van der Waals surface area contributed by atoms with Crippen LogP contribution in [0.25, 0.3) is 0 Å². The Balaban J connectivity index is 1.51. The lowest BCUT2D eigenvalue weighted by molar-refractivity contribution is -0.125. The standard InChI is InChI=1S/C15H24N6O2/c1-11-17-12(2)21(18-11)10-13-4-3-5-19(9-13)6-7-20-14(22)8-16-15(20)23/h13H,3-10H2,1-2H3,(H,16,23)/t13-/m1/s1. The van der Waals surface area contributed by atoms with Gasteiger partial charge in [-0.05, 0) is 39.2 Å². The highest BCUT2D eigenvalue weighted by Gasteiger charge is 2.29. The normalized spacial score (nSPS) is 22.7. The van der Waals surface area contributed by atoms with Gasteiger partial charge in [0.05, 0.1) is 6.54 Å². The van der Waals surface area contributed by atoms with Crippen molar-refractivity contribution in [3.63, 3.8) is 0 Å². The molecule has 126 valence electrons. The number of carbonyl (C=O) groups excluding carboxylic acids is 2. The van der Waals surface area contributed by atoms with Crippen molar-refractivity contribution in [3.05, 3.63) is 11.6 Å². The summed E-state index contributed by atoms with van der Waals surface area (Å²) >= 11 is 0. The zero-order valence-electron chi connectivity index (χ0n) is 13.8. The third kappa shape index (κ3) is 3.69. The van der Waals surface area contributed by atoms with E-state index in [1.807, 2.05) is 18.5 Å². The van der Waals surface area contributed by atoms with Gasteiger partial charge >= 0.3 is 6.03 Å². The number of hydrogen-bond acceptors (Lipinski definition) is 5. The molecule has 23 heavy (non-hydrogen) atoms. The molecule has 0 unspecified atom stereocenters. The van der Waals surface area contributed by atoms with Crippen LogP contribution in [0.3, 0.4) is 0 Å². The van der Waals surface area contributed by atoms with Gasteiger partial charge in [-0.1, -0.05) is 0 Å². The zero-order valence-corrected chi connectivity index (χ0v) is 13.8. The Morgan fingerprint density at radius 2 is 2.09 bits per heavy atom. The average Bonchev–Trinajstić information content (AvgIpc) is 3.00.